The molecule has 33 heavy (non-hydrogen) atoms. The van der Waals surface area contributed by atoms with Crippen molar-refractivity contribution >= 4 is 108 Å². The molecule has 0 bridgehead atoms. The van der Waals surface area contributed by atoms with Crippen LogP contribution >= 0.6 is 90.4 Å². The van der Waals surface area contributed by atoms with Gasteiger partial charge in [-0.25, -0.2) is 0 Å². The quantitative estimate of drug-likeness (QED) is 0.214. The maximum Gasteiger partial charge on any atom is 0.321 e. The summed E-state index contributed by atoms with van der Waals surface area (Å²) in [6.45, 7) is 0. The number of carboxylic acid groups (broad SMARTS) is 3. The van der Waals surface area contributed by atoms with E-state index in [-0.39, 0.29) is 12.2 Å². The number of halogens is 4. The molecule has 0 aliphatic heterocycles. The van der Waals surface area contributed by atoms with E-state index in [4.69, 9.17) is 31.5 Å². The van der Waals surface area contributed by atoms with Crippen LogP contribution in [0.5, 0.6) is 17.2 Å². The first-order chi connectivity index (χ1) is 15.2. The molecule has 0 spiro atoms. The lowest BCUT2D eigenvalue weighted by Gasteiger charge is -2.14. The van der Waals surface area contributed by atoms with Crippen molar-refractivity contribution in [1.82, 2.24) is 0 Å². The Morgan fingerprint density at radius 1 is 0.818 bits per heavy atom. The number of hydrogen-bond acceptors (Lipinski definition) is 7. The highest BCUT2D eigenvalue weighted by Crippen LogP contribution is 2.36. The van der Waals surface area contributed by atoms with Crippen LogP contribution in [-0.4, -0.2) is 50.4 Å². The van der Waals surface area contributed by atoms with Crippen LogP contribution in [-0.2, 0) is 20.8 Å². The number of phenols is 1. The monoisotopic (exact) mass is 910 g/mol. The molecule has 2 aromatic rings. The average Bonchev–Trinajstić information content (AvgIpc) is 2.68. The maximum atomic E-state index is 10.9. The van der Waals surface area contributed by atoms with Crippen molar-refractivity contribution in [3.05, 3.63) is 44.1 Å². The summed E-state index contributed by atoms with van der Waals surface area (Å²) in [5.41, 5.74) is 11.3. The van der Waals surface area contributed by atoms with Crippen LogP contribution in [0.15, 0.2) is 24.3 Å². The van der Waals surface area contributed by atoms with Gasteiger partial charge < -0.3 is 36.6 Å². The largest absolute Gasteiger partial charge is 0.506 e. The number of carbonyl (C=O) groups is 3. The predicted molar refractivity (Wildman–Crippen MR) is 153 cm³/mol. The van der Waals surface area contributed by atoms with Gasteiger partial charge in [-0.3, -0.25) is 14.4 Å². The fraction of sp³-hybridized carbons (Fsp3) is 0.211. The minimum atomic E-state index is -1.29. The van der Waals surface area contributed by atoms with E-state index in [0.717, 1.165) is 12.7 Å². The highest BCUT2D eigenvalue weighted by atomic mass is 127. The first-order valence-electron chi connectivity index (χ1n) is 8.75. The molecule has 2 rings (SSSR count). The molecule has 0 aliphatic carbocycles. The van der Waals surface area contributed by atoms with E-state index in [0.29, 0.717) is 18.6 Å². The second-order valence-corrected chi connectivity index (χ2v) is 11.1. The predicted octanol–water partition coefficient (Wildman–Crippen LogP) is 3.43. The molecule has 2 aromatic carbocycles. The number of benzene rings is 2. The Bertz CT molecular complexity index is 1000. The smallest absolute Gasteiger partial charge is 0.321 e. The van der Waals surface area contributed by atoms with Gasteiger partial charge in [0.15, 0.2) is 5.75 Å². The van der Waals surface area contributed by atoms with Crippen LogP contribution in [0.3, 0.4) is 0 Å². The zero-order valence-corrected chi connectivity index (χ0v) is 25.1. The number of phenolic OH excluding ortho intramolecular Hbond substituents is 1. The molecule has 0 saturated heterocycles. The summed E-state index contributed by atoms with van der Waals surface area (Å²) in [4.78, 5) is 30.5. The molecule has 2 atom stereocenters. The fourth-order valence-corrected chi connectivity index (χ4v) is 5.99. The summed E-state index contributed by atoms with van der Waals surface area (Å²) < 4.78 is 9.14. The van der Waals surface area contributed by atoms with Gasteiger partial charge in [-0.2, -0.15) is 0 Å². The molecule has 0 amide bonds. The Hall–Kier alpha value is -0.710. The number of ether oxygens (including phenoxy) is 1. The Balaban J connectivity index is 0.000000513. The Kier molecular flexibility index (Phi) is 12.9. The summed E-state index contributed by atoms with van der Waals surface area (Å²) in [6, 6.07) is 5.05. The number of rotatable bonds is 8. The molecule has 8 N–H and O–H groups in total. The maximum absolute atomic E-state index is 10.9. The zero-order chi connectivity index (χ0) is 25.5. The van der Waals surface area contributed by atoms with Gasteiger partial charge in [-0.15, -0.1) is 0 Å². The standard InChI is InChI=1S/C15H11I4NO4.C4H7NO4/c16-8-4-7(5-9(17)13(8)21)24-14-10(18)1-6(2-11(14)19)3-12(20)15(22)23;5-2(4(8)9)1-3(6)7/h1-2,4-5,12,21H,3,20H2,(H,22,23);2H,1,5H2,(H,6,7)(H,8,9). The van der Waals surface area contributed by atoms with Gasteiger partial charge in [-0.1, -0.05) is 0 Å². The first kappa shape index (κ1) is 30.3. The lowest BCUT2D eigenvalue weighted by atomic mass is 10.1. The minimum Gasteiger partial charge on any atom is -0.506 e. The van der Waals surface area contributed by atoms with Gasteiger partial charge in [-0.05, 0) is 127 Å². The second kappa shape index (κ2) is 14.0. The van der Waals surface area contributed by atoms with Crippen LogP contribution in [0.1, 0.15) is 12.0 Å². The topological polar surface area (TPSA) is 193 Å². The van der Waals surface area contributed by atoms with Crippen LogP contribution in [0.4, 0.5) is 0 Å². The highest BCUT2D eigenvalue weighted by molar-refractivity contribution is 14.1. The van der Waals surface area contributed by atoms with Crippen molar-refractivity contribution in [2.24, 2.45) is 11.5 Å². The van der Waals surface area contributed by atoms with Gasteiger partial charge in [0.05, 0.1) is 20.7 Å². The fourth-order valence-electron chi connectivity index (χ4n) is 2.16. The number of aromatic hydroxyl groups is 1. The van der Waals surface area contributed by atoms with Gasteiger partial charge in [0.25, 0.3) is 0 Å². The molecule has 0 fully saturated rings. The summed E-state index contributed by atoms with van der Waals surface area (Å²) in [6.07, 6.45) is -0.272. The van der Waals surface area contributed by atoms with Crippen LogP contribution in [0, 0.1) is 14.3 Å². The first-order valence-corrected chi connectivity index (χ1v) is 13.1. The number of nitrogens with two attached hydrogens (primary N) is 2. The van der Waals surface area contributed by atoms with Crippen molar-refractivity contribution in [2.75, 3.05) is 0 Å². The number of hydrogen-bond donors (Lipinski definition) is 6. The van der Waals surface area contributed by atoms with Gasteiger partial charge >= 0.3 is 17.9 Å². The Labute approximate surface area is 243 Å². The van der Waals surface area contributed by atoms with Crippen molar-refractivity contribution in [2.45, 2.75) is 24.9 Å². The van der Waals surface area contributed by atoms with Crippen LogP contribution in [0.25, 0.3) is 0 Å². The average molecular weight is 910 g/mol. The van der Waals surface area contributed by atoms with E-state index in [1.165, 1.54) is 0 Å². The van der Waals surface area contributed by atoms with E-state index >= 15 is 0 Å². The second-order valence-electron chi connectivity index (χ2n) is 6.42. The van der Waals surface area contributed by atoms with E-state index in [1.807, 2.05) is 12.1 Å². The van der Waals surface area contributed by atoms with E-state index in [2.05, 4.69) is 90.4 Å². The number of aliphatic carboxylic acids is 3. The molecule has 0 saturated carbocycles. The van der Waals surface area contributed by atoms with Crippen molar-refractivity contribution < 1.29 is 39.5 Å². The van der Waals surface area contributed by atoms with E-state index < -0.39 is 36.4 Å². The lowest BCUT2D eigenvalue weighted by Crippen LogP contribution is -2.32. The third-order valence-corrected chi connectivity index (χ3v) is 7.00. The SMILES string of the molecule is NC(CC(=O)O)C(=O)O.NC(Cc1cc(I)c(Oc2cc(I)c(O)c(I)c2)c(I)c1)C(=O)O. The highest BCUT2D eigenvalue weighted by Gasteiger charge is 2.17. The Morgan fingerprint density at radius 3 is 1.64 bits per heavy atom. The third kappa shape index (κ3) is 10.2. The summed E-state index contributed by atoms with van der Waals surface area (Å²) in [7, 11) is 0. The van der Waals surface area contributed by atoms with Gasteiger partial charge in [0.2, 0.25) is 0 Å². The van der Waals surface area contributed by atoms with Gasteiger partial charge in [0.1, 0.15) is 23.6 Å². The summed E-state index contributed by atoms with van der Waals surface area (Å²) in [5.74, 6) is -1.95. The zero-order valence-electron chi connectivity index (χ0n) is 16.5. The van der Waals surface area contributed by atoms with Crippen molar-refractivity contribution in [3.8, 4) is 17.2 Å². The van der Waals surface area contributed by atoms with E-state index in [1.54, 1.807) is 12.1 Å². The molecule has 180 valence electrons. The molecule has 14 heteroatoms. The summed E-state index contributed by atoms with van der Waals surface area (Å²) >= 11 is 8.42. The van der Waals surface area contributed by atoms with Crippen LogP contribution < -0.4 is 16.2 Å². The molecule has 10 nitrogen and oxygen atoms in total. The molecular weight excluding hydrogens is 892 g/mol. The minimum absolute atomic E-state index is 0.242. The van der Waals surface area contributed by atoms with Crippen LogP contribution in [0.2, 0.25) is 0 Å². The van der Waals surface area contributed by atoms with E-state index in [9.17, 15) is 19.5 Å². The third-order valence-electron chi connectivity index (χ3n) is 3.75. The molecular formula is C19H18I4N2O8. The van der Waals surface area contributed by atoms with Gasteiger partial charge in [0, 0.05) is 0 Å². The molecule has 0 radical (unpaired) electrons. The summed E-state index contributed by atoms with van der Waals surface area (Å²) in [5, 5.41) is 34.8. The molecule has 0 aliphatic rings. The number of carboxylic acids is 3. The lowest BCUT2D eigenvalue weighted by molar-refractivity contribution is -0.144. The van der Waals surface area contributed by atoms with Crippen molar-refractivity contribution in [3.63, 3.8) is 0 Å². The molecule has 0 heterocycles. The Morgan fingerprint density at radius 2 is 1.27 bits per heavy atom. The normalized spacial score (nSPS) is 12.2. The van der Waals surface area contributed by atoms with Crippen molar-refractivity contribution in [1.29, 1.82) is 0 Å². The molecule has 2 unspecified atom stereocenters. The molecule has 0 aromatic heterocycles.